The molecule has 0 aliphatic heterocycles. The smallest absolute Gasteiger partial charge is 0.345 e. The second-order valence-corrected chi connectivity index (χ2v) is 4.77. The third-order valence-electron chi connectivity index (χ3n) is 3.34. The lowest BCUT2D eigenvalue weighted by atomic mass is 10.0. The fraction of sp³-hybridized carbons (Fsp3) is 0.250. The van der Waals surface area contributed by atoms with Crippen molar-refractivity contribution in [3.05, 3.63) is 59.7 Å². The van der Waals surface area contributed by atoms with Gasteiger partial charge in [0, 0.05) is 18.4 Å². The Morgan fingerprint density at radius 2 is 1.67 bits per heavy atom. The second-order valence-electron chi connectivity index (χ2n) is 4.77. The fourth-order valence-corrected chi connectivity index (χ4v) is 2.21. The minimum absolute atomic E-state index is 0.191. The van der Waals surface area contributed by atoms with Crippen LogP contribution >= 0.6 is 0 Å². The molecule has 112 valence electrons. The van der Waals surface area contributed by atoms with Crippen molar-refractivity contribution in [1.82, 2.24) is 0 Å². The maximum atomic E-state index is 13.2. The molecule has 0 aliphatic rings. The van der Waals surface area contributed by atoms with Crippen LogP contribution < -0.4 is 10.6 Å². The predicted octanol–water partition coefficient (Wildman–Crippen LogP) is 3.97. The van der Waals surface area contributed by atoms with Crippen LogP contribution in [-0.4, -0.2) is 13.6 Å². The summed E-state index contributed by atoms with van der Waals surface area (Å²) >= 11 is 0. The summed E-state index contributed by atoms with van der Waals surface area (Å²) in [7, 11) is 1.74. The molecule has 2 rings (SSSR count). The molecule has 0 atom stereocenters. The number of hydrogen-bond acceptors (Lipinski definition) is 2. The lowest BCUT2D eigenvalue weighted by Crippen LogP contribution is -2.15. The van der Waals surface area contributed by atoms with Gasteiger partial charge in [0.25, 0.3) is 0 Å². The van der Waals surface area contributed by atoms with Crippen LogP contribution in [0.2, 0.25) is 0 Å². The third kappa shape index (κ3) is 3.55. The van der Waals surface area contributed by atoms with Gasteiger partial charge < -0.3 is 10.6 Å². The van der Waals surface area contributed by atoms with Crippen molar-refractivity contribution in [2.45, 2.75) is 12.6 Å². The maximum absolute atomic E-state index is 13.2. The van der Waals surface area contributed by atoms with Crippen molar-refractivity contribution in [1.29, 1.82) is 0 Å². The molecule has 5 heteroatoms. The van der Waals surface area contributed by atoms with Gasteiger partial charge in [-0.05, 0) is 42.8 Å². The third-order valence-corrected chi connectivity index (χ3v) is 3.34. The van der Waals surface area contributed by atoms with Gasteiger partial charge in [0.1, 0.15) is 0 Å². The number of para-hydroxylation sites is 1. The van der Waals surface area contributed by atoms with Crippen LogP contribution in [0.25, 0.3) is 0 Å². The molecule has 0 spiro atoms. The summed E-state index contributed by atoms with van der Waals surface area (Å²) < 4.78 is 39.5. The molecule has 0 saturated heterocycles. The molecule has 0 bridgehead atoms. The molecule has 0 aromatic heterocycles. The Labute approximate surface area is 122 Å². The standard InChI is InChI=1S/C16H17F3N2/c1-21(13-5-3-2-4-6-13)14-8-7-12(9-10-20)15(11-14)16(17,18)19/h2-8,11H,9-10,20H2,1H3. The molecule has 0 aliphatic carbocycles. The summed E-state index contributed by atoms with van der Waals surface area (Å²) in [6.45, 7) is 0.191. The summed E-state index contributed by atoms with van der Waals surface area (Å²) in [6.07, 6.45) is -4.16. The zero-order valence-electron chi connectivity index (χ0n) is 11.7. The van der Waals surface area contributed by atoms with Crippen molar-refractivity contribution >= 4 is 11.4 Å². The number of nitrogens with two attached hydrogens (primary N) is 1. The number of rotatable bonds is 4. The Balaban J connectivity index is 2.42. The monoisotopic (exact) mass is 294 g/mol. The molecule has 0 radical (unpaired) electrons. The summed E-state index contributed by atoms with van der Waals surface area (Å²) in [5.74, 6) is 0. The van der Waals surface area contributed by atoms with Crippen LogP contribution in [0.3, 0.4) is 0 Å². The van der Waals surface area contributed by atoms with Crippen LogP contribution in [-0.2, 0) is 12.6 Å². The Bertz CT molecular complexity index is 594. The molecule has 2 aromatic rings. The predicted molar refractivity (Wildman–Crippen MR) is 78.7 cm³/mol. The highest BCUT2D eigenvalue weighted by Crippen LogP contribution is 2.36. The lowest BCUT2D eigenvalue weighted by Gasteiger charge is -2.22. The second kappa shape index (κ2) is 6.18. The van der Waals surface area contributed by atoms with E-state index >= 15 is 0 Å². The topological polar surface area (TPSA) is 29.3 Å². The van der Waals surface area contributed by atoms with E-state index in [0.717, 1.165) is 5.69 Å². The highest BCUT2D eigenvalue weighted by atomic mass is 19.4. The largest absolute Gasteiger partial charge is 0.416 e. The molecule has 0 fully saturated rings. The molecule has 2 nitrogen and oxygen atoms in total. The molecule has 0 amide bonds. The molecule has 0 heterocycles. The quantitative estimate of drug-likeness (QED) is 0.924. The summed E-state index contributed by atoms with van der Waals surface area (Å²) in [6, 6.07) is 13.6. The van der Waals surface area contributed by atoms with Gasteiger partial charge in [-0.3, -0.25) is 0 Å². The lowest BCUT2D eigenvalue weighted by molar-refractivity contribution is -0.138. The van der Waals surface area contributed by atoms with Crippen molar-refractivity contribution in [2.24, 2.45) is 5.73 Å². The van der Waals surface area contributed by atoms with E-state index in [4.69, 9.17) is 5.73 Å². The van der Waals surface area contributed by atoms with Gasteiger partial charge in [0.15, 0.2) is 0 Å². The van der Waals surface area contributed by atoms with Crippen molar-refractivity contribution in [3.8, 4) is 0 Å². The van der Waals surface area contributed by atoms with E-state index in [-0.39, 0.29) is 18.5 Å². The van der Waals surface area contributed by atoms with Crippen molar-refractivity contribution in [3.63, 3.8) is 0 Å². The van der Waals surface area contributed by atoms with Gasteiger partial charge in [-0.2, -0.15) is 13.2 Å². The number of nitrogens with zero attached hydrogens (tertiary/aromatic N) is 1. The molecule has 2 N–H and O–H groups in total. The minimum atomic E-state index is -4.38. The normalized spacial score (nSPS) is 11.5. The van der Waals surface area contributed by atoms with Gasteiger partial charge in [0.05, 0.1) is 5.56 Å². The Hall–Kier alpha value is -2.01. The van der Waals surface area contributed by atoms with Crippen LogP contribution in [0, 0.1) is 0 Å². The summed E-state index contributed by atoms with van der Waals surface area (Å²) in [5, 5.41) is 0. The van der Waals surface area contributed by atoms with Gasteiger partial charge in [-0.25, -0.2) is 0 Å². The van der Waals surface area contributed by atoms with Crippen LogP contribution in [0.5, 0.6) is 0 Å². The zero-order valence-corrected chi connectivity index (χ0v) is 11.7. The van der Waals surface area contributed by atoms with Gasteiger partial charge >= 0.3 is 6.18 Å². The first-order valence-corrected chi connectivity index (χ1v) is 6.62. The fourth-order valence-electron chi connectivity index (χ4n) is 2.21. The number of halogens is 3. The highest BCUT2D eigenvalue weighted by molar-refractivity contribution is 5.63. The summed E-state index contributed by atoms with van der Waals surface area (Å²) in [4.78, 5) is 1.72. The first-order chi connectivity index (χ1) is 9.93. The molecule has 0 unspecified atom stereocenters. The average molecular weight is 294 g/mol. The summed E-state index contributed by atoms with van der Waals surface area (Å²) in [5.41, 5.74) is 6.32. The van der Waals surface area contributed by atoms with Crippen LogP contribution in [0.4, 0.5) is 24.5 Å². The molecular formula is C16H17F3N2. The van der Waals surface area contributed by atoms with Crippen molar-refractivity contribution < 1.29 is 13.2 Å². The minimum Gasteiger partial charge on any atom is -0.345 e. The number of anilines is 2. The Kier molecular flexibility index (Phi) is 4.53. The van der Waals surface area contributed by atoms with E-state index in [0.29, 0.717) is 5.69 Å². The number of alkyl halides is 3. The SMILES string of the molecule is CN(c1ccccc1)c1ccc(CCN)c(C(F)(F)F)c1. The van der Waals surface area contributed by atoms with E-state index in [2.05, 4.69) is 0 Å². The van der Waals surface area contributed by atoms with Gasteiger partial charge in [-0.1, -0.05) is 24.3 Å². The van der Waals surface area contributed by atoms with Crippen LogP contribution in [0.15, 0.2) is 48.5 Å². The van der Waals surface area contributed by atoms with Gasteiger partial charge in [0.2, 0.25) is 0 Å². The molecule has 0 saturated carbocycles. The Morgan fingerprint density at radius 1 is 1.00 bits per heavy atom. The van der Waals surface area contributed by atoms with E-state index in [1.807, 2.05) is 30.3 Å². The van der Waals surface area contributed by atoms with E-state index in [9.17, 15) is 13.2 Å². The highest BCUT2D eigenvalue weighted by Gasteiger charge is 2.33. The van der Waals surface area contributed by atoms with Gasteiger partial charge in [-0.15, -0.1) is 0 Å². The van der Waals surface area contributed by atoms with E-state index in [1.54, 1.807) is 18.0 Å². The van der Waals surface area contributed by atoms with E-state index in [1.165, 1.54) is 12.1 Å². The first-order valence-electron chi connectivity index (χ1n) is 6.62. The van der Waals surface area contributed by atoms with Crippen molar-refractivity contribution in [2.75, 3.05) is 18.5 Å². The number of hydrogen-bond donors (Lipinski definition) is 1. The number of benzene rings is 2. The first kappa shape index (κ1) is 15.4. The van der Waals surface area contributed by atoms with E-state index < -0.39 is 11.7 Å². The molecule has 21 heavy (non-hydrogen) atoms. The maximum Gasteiger partial charge on any atom is 0.416 e. The molecule has 2 aromatic carbocycles. The molecular weight excluding hydrogens is 277 g/mol. The average Bonchev–Trinajstić information content (AvgIpc) is 2.47. The Morgan fingerprint density at radius 3 is 2.24 bits per heavy atom. The van der Waals surface area contributed by atoms with Crippen LogP contribution in [0.1, 0.15) is 11.1 Å². The zero-order chi connectivity index (χ0) is 15.5.